The molecule has 1 aliphatic heterocycles. The summed E-state index contributed by atoms with van der Waals surface area (Å²) < 4.78 is 0. The molecule has 96 valence electrons. The van der Waals surface area contributed by atoms with Crippen LogP contribution in [-0.4, -0.2) is 42.2 Å². The van der Waals surface area contributed by atoms with E-state index in [0.717, 1.165) is 5.57 Å². The molecule has 0 radical (unpaired) electrons. The molecule has 0 saturated carbocycles. The first-order valence-corrected chi connectivity index (χ1v) is 5.68. The monoisotopic (exact) mass is 247 g/mol. The van der Waals surface area contributed by atoms with Gasteiger partial charge in [-0.15, -0.1) is 0 Å². The smallest absolute Gasteiger partial charge is 0.225 e. The van der Waals surface area contributed by atoms with Crippen molar-refractivity contribution < 1.29 is 5.11 Å². The number of hydrogen-bond acceptors (Lipinski definition) is 6. The topological polar surface area (TPSA) is 86.2 Å². The van der Waals surface area contributed by atoms with Crippen molar-refractivity contribution in [2.45, 2.75) is 12.6 Å². The molecule has 1 aliphatic carbocycles. The molecule has 0 fully saturated rings. The quantitative estimate of drug-likeness (QED) is 0.629. The maximum Gasteiger partial charge on any atom is 0.225 e. The molecule has 0 spiro atoms. The molecule has 0 saturated heterocycles. The molecule has 1 unspecified atom stereocenters. The second-order valence-electron chi connectivity index (χ2n) is 4.30. The van der Waals surface area contributed by atoms with Crippen LogP contribution in [0.4, 0.5) is 0 Å². The molecule has 6 heteroatoms. The highest BCUT2D eigenvalue weighted by Gasteiger charge is 2.19. The average molecular weight is 247 g/mol. The zero-order chi connectivity index (χ0) is 13.1. The van der Waals surface area contributed by atoms with Gasteiger partial charge in [0, 0.05) is 20.5 Å². The minimum atomic E-state index is -0.279. The third kappa shape index (κ3) is 2.71. The van der Waals surface area contributed by atoms with Gasteiger partial charge in [-0.2, -0.15) is 4.99 Å². The van der Waals surface area contributed by atoms with Crippen LogP contribution >= 0.6 is 0 Å². The lowest BCUT2D eigenvalue weighted by molar-refractivity contribution is 0.402. The van der Waals surface area contributed by atoms with Crippen LogP contribution in [0, 0.1) is 0 Å². The Bertz CT molecular complexity index is 485. The van der Waals surface area contributed by atoms with Crippen molar-refractivity contribution in [1.29, 1.82) is 0 Å². The molecule has 0 aromatic carbocycles. The summed E-state index contributed by atoms with van der Waals surface area (Å²) in [5.41, 5.74) is 6.67. The third-order valence-corrected chi connectivity index (χ3v) is 2.57. The molecule has 1 atom stereocenters. The predicted octanol–water partition coefficient (Wildman–Crippen LogP) is 0.476. The Morgan fingerprint density at radius 2 is 2.22 bits per heavy atom. The summed E-state index contributed by atoms with van der Waals surface area (Å²) in [5, 5.41) is 12.4. The van der Waals surface area contributed by atoms with E-state index in [1.54, 1.807) is 11.0 Å². The van der Waals surface area contributed by atoms with E-state index in [-0.39, 0.29) is 6.17 Å². The number of rotatable bonds is 1. The van der Waals surface area contributed by atoms with Gasteiger partial charge in [0.05, 0.1) is 5.76 Å². The number of aliphatic imine (C=N–C) groups is 2. The van der Waals surface area contributed by atoms with E-state index >= 15 is 0 Å². The zero-order valence-electron chi connectivity index (χ0n) is 10.5. The van der Waals surface area contributed by atoms with Crippen LogP contribution in [0.15, 0.2) is 45.6 Å². The molecular weight excluding hydrogens is 230 g/mol. The Labute approximate surface area is 106 Å². The van der Waals surface area contributed by atoms with Gasteiger partial charge in [-0.05, 0) is 11.6 Å². The summed E-state index contributed by atoms with van der Waals surface area (Å²) in [7, 11) is 3.72. The van der Waals surface area contributed by atoms with Crippen molar-refractivity contribution in [3.05, 3.63) is 35.6 Å². The molecule has 0 aromatic rings. The second kappa shape index (κ2) is 4.95. The predicted molar refractivity (Wildman–Crippen MR) is 72.2 cm³/mol. The van der Waals surface area contributed by atoms with Crippen LogP contribution in [0.2, 0.25) is 0 Å². The van der Waals surface area contributed by atoms with Crippen LogP contribution in [0.25, 0.3) is 0 Å². The Hall–Kier alpha value is -2.24. The molecular formula is C12H17N5O. The highest BCUT2D eigenvalue weighted by molar-refractivity contribution is 5.96. The van der Waals surface area contributed by atoms with Crippen LogP contribution in [0.3, 0.4) is 0 Å². The molecule has 6 nitrogen and oxygen atoms in total. The van der Waals surface area contributed by atoms with E-state index in [0.29, 0.717) is 24.1 Å². The molecule has 0 amide bonds. The van der Waals surface area contributed by atoms with Crippen molar-refractivity contribution in [3.63, 3.8) is 0 Å². The number of allylic oxidation sites excluding steroid dienone is 3. The summed E-state index contributed by atoms with van der Waals surface area (Å²) in [5.74, 6) is 1.24. The van der Waals surface area contributed by atoms with Gasteiger partial charge in [-0.25, -0.2) is 4.99 Å². The number of guanidine groups is 2. The van der Waals surface area contributed by atoms with Gasteiger partial charge in [-0.3, -0.25) is 0 Å². The summed E-state index contributed by atoms with van der Waals surface area (Å²) >= 11 is 0. The molecule has 18 heavy (non-hydrogen) atoms. The first-order chi connectivity index (χ1) is 8.56. The van der Waals surface area contributed by atoms with Crippen LogP contribution < -0.4 is 11.1 Å². The van der Waals surface area contributed by atoms with Crippen LogP contribution in [0.1, 0.15) is 6.42 Å². The van der Waals surface area contributed by atoms with Crippen molar-refractivity contribution in [2.75, 3.05) is 14.1 Å². The number of hydrogen-bond donors (Lipinski definition) is 3. The highest BCUT2D eigenvalue weighted by Crippen LogP contribution is 2.15. The highest BCUT2D eigenvalue weighted by atomic mass is 16.3. The van der Waals surface area contributed by atoms with Gasteiger partial charge >= 0.3 is 0 Å². The number of nitrogens with two attached hydrogens (primary N) is 1. The Kier molecular flexibility index (Phi) is 3.36. The third-order valence-electron chi connectivity index (χ3n) is 2.57. The normalized spacial score (nSPS) is 23.1. The fraction of sp³-hybridized carbons (Fsp3) is 0.333. The summed E-state index contributed by atoms with van der Waals surface area (Å²) in [4.78, 5) is 10.4. The first-order valence-electron chi connectivity index (χ1n) is 5.68. The minimum Gasteiger partial charge on any atom is -0.512 e. The second-order valence-corrected chi connectivity index (χ2v) is 4.30. The zero-order valence-corrected chi connectivity index (χ0v) is 10.5. The van der Waals surface area contributed by atoms with Crippen molar-refractivity contribution in [2.24, 2.45) is 15.7 Å². The van der Waals surface area contributed by atoms with Gasteiger partial charge in [-0.1, -0.05) is 18.2 Å². The maximum atomic E-state index is 9.45. The van der Waals surface area contributed by atoms with E-state index < -0.39 is 0 Å². The number of nitrogens with one attached hydrogen (secondary N) is 1. The molecule has 2 aliphatic rings. The molecule has 0 aromatic heterocycles. The van der Waals surface area contributed by atoms with E-state index in [2.05, 4.69) is 15.3 Å². The Morgan fingerprint density at radius 3 is 2.94 bits per heavy atom. The molecule has 4 N–H and O–H groups in total. The Morgan fingerprint density at radius 1 is 1.44 bits per heavy atom. The van der Waals surface area contributed by atoms with E-state index in [4.69, 9.17) is 5.73 Å². The van der Waals surface area contributed by atoms with E-state index in [1.807, 2.05) is 32.3 Å². The van der Waals surface area contributed by atoms with Crippen molar-refractivity contribution in [1.82, 2.24) is 10.2 Å². The number of aliphatic hydroxyl groups is 1. The molecule has 2 rings (SSSR count). The van der Waals surface area contributed by atoms with Gasteiger partial charge in [0.2, 0.25) is 5.96 Å². The average Bonchev–Trinajstić information content (AvgIpc) is 2.53. The van der Waals surface area contributed by atoms with Crippen molar-refractivity contribution >= 4 is 11.9 Å². The fourth-order valence-corrected chi connectivity index (χ4v) is 1.64. The van der Waals surface area contributed by atoms with E-state index in [1.165, 1.54) is 0 Å². The summed E-state index contributed by atoms with van der Waals surface area (Å²) in [6.45, 7) is 0. The SMILES string of the molecule is CN(C)C1=NC(C2=CC=C(O)CC=C2)NC(N)=N1. The van der Waals surface area contributed by atoms with E-state index in [9.17, 15) is 5.11 Å². The van der Waals surface area contributed by atoms with Crippen LogP contribution in [-0.2, 0) is 0 Å². The lowest BCUT2D eigenvalue weighted by Crippen LogP contribution is -2.45. The lowest BCUT2D eigenvalue weighted by Gasteiger charge is -2.24. The fourth-order valence-electron chi connectivity index (χ4n) is 1.64. The van der Waals surface area contributed by atoms with Gasteiger partial charge in [0.1, 0.15) is 0 Å². The summed E-state index contributed by atoms with van der Waals surface area (Å²) in [6, 6.07) is 0. The van der Waals surface area contributed by atoms with Crippen LogP contribution in [0.5, 0.6) is 0 Å². The first kappa shape index (κ1) is 12.2. The minimum absolute atomic E-state index is 0.279. The van der Waals surface area contributed by atoms with Gasteiger partial charge < -0.3 is 21.1 Å². The van der Waals surface area contributed by atoms with Gasteiger partial charge in [0.15, 0.2) is 12.1 Å². The summed E-state index contributed by atoms with van der Waals surface area (Å²) in [6.07, 6.45) is 7.56. The lowest BCUT2D eigenvalue weighted by atomic mass is 10.2. The maximum absolute atomic E-state index is 9.45. The number of nitrogens with zero attached hydrogens (tertiary/aromatic N) is 3. The number of aliphatic hydroxyl groups excluding tert-OH is 1. The molecule has 0 bridgehead atoms. The standard InChI is InChI=1S/C12H17N5O/c1-17(2)12-15-10(14-11(13)16-12)8-4-3-5-9(18)7-6-8/h3-4,6-7,10,18H,5H2,1-2H3,(H3,13,14,15,16). The molecule has 1 heterocycles. The Balaban J connectivity index is 2.27. The van der Waals surface area contributed by atoms with Crippen molar-refractivity contribution in [3.8, 4) is 0 Å². The largest absolute Gasteiger partial charge is 0.512 e. The van der Waals surface area contributed by atoms with Gasteiger partial charge in [0.25, 0.3) is 0 Å².